The molecule has 0 N–H and O–H groups in total. The molecule has 1 saturated carbocycles. The Morgan fingerprint density at radius 2 is 1.80 bits per heavy atom. The normalized spacial score (nSPS) is 28.8. The first-order chi connectivity index (χ1) is 12.3. The van der Waals surface area contributed by atoms with Crippen LogP contribution in [-0.2, 0) is 4.74 Å². The van der Waals surface area contributed by atoms with Gasteiger partial charge in [-0.2, -0.15) is 0 Å². The van der Waals surface area contributed by atoms with E-state index in [1.165, 1.54) is 57.8 Å². The molecule has 0 aromatic carbocycles. The third-order valence-electron chi connectivity index (χ3n) is 6.08. The van der Waals surface area contributed by atoms with Crippen LogP contribution in [0.15, 0.2) is 49.6 Å². The predicted octanol–water partition coefficient (Wildman–Crippen LogP) is 7.02. The van der Waals surface area contributed by atoms with Crippen LogP contribution in [0.4, 0.5) is 0 Å². The summed E-state index contributed by atoms with van der Waals surface area (Å²) >= 11 is 0. The molecule has 1 unspecified atom stereocenters. The molecule has 2 rings (SSSR count). The lowest BCUT2D eigenvalue weighted by atomic mass is 9.76. The van der Waals surface area contributed by atoms with E-state index < -0.39 is 0 Å². The van der Waals surface area contributed by atoms with E-state index in [1.54, 1.807) is 0 Å². The van der Waals surface area contributed by atoms with Crippen LogP contribution in [0.1, 0.15) is 70.6 Å². The highest BCUT2D eigenvalue weighted by molar-refractivity contribution is 5.16. The Hall–Kier alpha value is -1.08. The van der Waals surface area contributed by atoms with Crippen LogP contribution >= 0.6 is 0 Å². The lowest BCUT2D eigenvalue weighted by molar-refractivity contribution is 0.0651. The average Bonchev–Trinajstić information content (AvgIpc) is 2.65. The second kappa shape index (κ2) is 11.5. The molecule has 0 aromatic rings. The topological polar surface area (TPSA) is 9.23 Å². The van der Waals surface area contributed by atoms with Crippen LogP contribution in [0.3, 0.4) is 0 Å². The van der Waals surface area contributed by atoms with Gasteiger partial charge in [0.1, 0.15) is 0 Å². The van der Waals surface area contributed by atoms with Gasteiger partial charge in [-0.05, 0) is 50.4 Å². The molecule has 1 heteroatoms. The van der Waals surface area contributed by atoms with Crippen molar-refractivity contribution in [2.45, 2.75) is 70.6 Å². The van der Waals surface area contributed by atoms with Crippen LogP contribution in [0, 0.1) is 17.3 Å². The van der Waals surface area contributed by atoms with Crippen LogP contribution in [0.25, 0.3) is 0 Å². The number of hydrogen-bond donors (Lipinski definition) is 0. The van der Waals surface area contributed by atoms with Crippen molar-refractivity contribution in [2.24, 2.45) is 17.3 Å². The summed E-state index contributed by atoms with van der Waals surface area (Å²) in [6.07, 6.45) is 27.5. The zero-order valence-electron chi connectivity index (χ0n) is 16.1. The molecule has 0 bridgehead atoms. The highest BCUT2D eigenvalue weighted by Crippen LogP contribution is 2.37. The standard InChI is InChI=1S/C24H38O/c1-3-5-20-25-21-24(17-8-6-9-18-24)19-10-7-12-23-15-13-22(11-4-2)14-16-23/h3-4,6,8-9,17,22-23H,1-2,5,7,10-16,18-21H2. The third-order valence-corrected chi connectivity index (χ3v) is 6.08. The lowest BCUT2D eigenvalue weighted by Gasteiger charge is -2.32. The summed E-state index contributed by atoms with van der Waals surface area (Å²) in [5, 5.41) is 0. The zero-order chi connectivity index (χ0) is 17.8. The van der Waals surface area contributed by atoms with Gasteiger partial charge in [0.25, 0.3) is 0 Å². The van der Waals surface area contributed by atoms with Crippen molar-refractivity contribution in [3.05, 3.63) is 49.6 Å². The van der Waals surface area contributed by atoms with Gasteiger partial charge >= 0.3 is 0 Å². The van der Waals surface area contributed by atoms with Crippen LogP contribution in [0.2, 0.25) is 0 Å². The maximum absolute atomic E-state index is 5.93. The molecule has 0 radical (unpaired) electrons. The Balaban J connectivity index is 1.65. The van der Waals surface area contributed by atoms with E-state index in [-0.39, 0.29) is 5.41 Å². The molecule has 0 spiro atoms. The van der Waals surface area contributed by atoms with Gasteiger partial charge in [-0.15, -0.1) is 13.2 Å². The molecule has 1 nitrogen and oxygen atoms in total. The van der Waals surface area contributed by atoms with Gasteiger partial charge in [0, 0.05) is 5.41 Å². The molecular formula is C24H38O. The highest BCUT2D eigenvalue weighted by Gasteiger charge is 2.27. The van der Waals surface area contributed by atoms with Crippen molar-refractivity contribution < 1.29 is 4.74 Å². The molecule has 2 aliphatic rings. The third kappa shape index (κ3) is 7.36. The maximum Gasteiger partial charge on any atom is 0.0560 e. The number of unbranched alkanes of at least 4 members (excludes halogenated alkanes) is 1. The van der Waals surface area contributed by atoms with Gasteiger partial charge in [0.15, 0.2) is 0 Å². The smallest absolute Gasteiger partial charge is 0.0560 e. The number of ether oxygens (including phenoxy) is 1. The Labute approximate surface area is 155 Å². The van der Waals surface area contributed by atoms with Gasteiger partial charge < -0.3 is 4.74 Å². The minimum atomic E-state index is 0.234. The first-order valence-electron chi connectivity index (χ1n) is 10.4. The summed E-state index contributed by atoms with van der Waals surface area (Å²) in [4.78, 5) is 0. The lowest BCUT2D eigenvalue weighted by Crippen LogP contribution is -2.26. The summed E-state index contributed by atoms with van der Waals surface area (Å²) in [5.41, 5.74) is 0.234. The Morgan fingerprint density at radius 1 is 1.00 bits per heavy atom. The molecule has 2 aliphatic carbocycles. The summed E-state index contributed by atoms with van der Waals surface area (Å²) in [6, 6.07) is 0. The molecule has 0 aliphatic heterocycles. The largest absolute Gasteiger partial charge is 0.380 e. The Bertz CT molecular complexity index is 439. The summed E-state index contributed by atoms with van der Waals surface area (Å²) in [7, 11) is 0. The fourth-order valence-electron chi connectivity index (χ4n) is 4.42. The van der Waals surface area contributed by atoms with Crippen molar-refractivity contribution in [1.82, 2.24) is 0 Å². The molecule has 1 fully saturated rings. The molecular weight excluding hydrogens is 304 g/mol. The number of hydrogen-bond acceptors (Lipinski definition) is 1. The van der Waals surface area contributed by atoms with Gasteiger partial charge in [-0.3, -0.25) is 0 Å². The van der Waals surface area contributed by atoms with Crippen molar-refractivity contribution in [3.63, 3.8) is 0 Å². The second-order valence-electron chi connectivity index (χ2n) is 8.14. The number of allylic oxidation sites excluding steroid dienone is 4. The summed E-state index contributed by atoms with van der Waals surface area (Å²) in [6.45, 7) is 9.32. The minimum absolute atomic E-state index is 0.234. The van der Waals surface area contributed by atoms with E-state index in [0.717, 1.165) is 37.9 Å². The first kappa shape index (κ1) is 20.2. The predicted molar refractivity (Wildman–Crippen MR) is 110 cm³/mol. The molecule has 0 heterocycles. The average molecular weight is 343 g/mol. The van der Waals surface area contributed by atoms with Crippen molar-refractivity contribution in [1.29, 1.82) is 0 Å². The quantitative estimate of drug-likeness (QED) is 0.273. The van der Waals surface area contributed by atoms with Gasteiger partial charge in [-0.25, -0.2) is 0 Å². The summed E-state index contributed by atoms with van der Waals surface area (Å²) < 4.78 is 5.93. The van der Waals surface area contributed by atoms with Crippen LogP contribution < -0.4 is 0 Å². The SMILES string of the molecule is C=CCCOCC1(CCCCC2CCC(CC=C)CC2)C=CC=CC1. The van der Waals surface area contributed by atoms with Crippen molar-refractivity contribution in [3.8, 4) is 0 Å². The van der Waals surface area contributed by atoms with Gasteiger partial charge in [-0.1, -0.05) is 68.6 Å². The Morgan fingerprint density at radius 3 is 2.48 bits per heavy atom. The van der Waals surface area contributed by atoms with Crippen molar-refractivity contribution >= 4 is 0 Å². The van der Waals surface area contributed by atoms with Gasteiger partial charge in [0.2, 0.25) is 0 Å². The summed E-state index contributed by atoms with van der Waals surface area (Å²) in [5.74, 6) is 1.89. The molecule has 0 saturated heterocycles. The Kier molecular flexibility index (Phi) is 9.32. The van der Waals surface area contributed by atoms with E-state index in [9.17, 15) is 0 Å². The second-order valence-corrected chi connectivity index (χ2v) is 8.14. The fourth-order valence-corrected chi connectivity index (χ4v) is 4.42. The van der Waals surface area contributed by atoms with E-state index in [0.29, 0.717) is 0 Å². The molecule has 0 amide bonds. The number of rotatable bonds is 12. The monoisotopic (exact) mass is 342 g/mol. The van der Waals surface area contributed by atoms with E-state index in [2.05, 4.69) is 43.5 Å². The fraction of sp³-hybridized carbons (Fsp3) is 0.667. The molecule has 140 valence electrons. The van der Waals surface area contributed by atoms with Crippen LogP contribution in [0.5, 0.6) is 0 Å². The maximum atomic E-state index is 5.93. The minimum Gasteiger partial charge on any atom is -0.380 e. The van der Waals surface area contributed by atoms with Crippen LogP contribution in [-0.4, -0.2) is 13.2 Å². The molecule has 1 atom stereocenters. The zero-order valence-corrected chi connectivity index (χ0v) is 16.1. The highest BCUT2D eigenvalue weighted by atomic mass is 16.5. The van der Waals surface area contributed by atoms with E-state index in [4.69, 9.17) is 4.74 Å². The molecule has 25 heavy (non-hydrogen) atoms. The van der Waals surface area contributed by atoms with E-state index in [1.807, 2.05) is 6.08 Å². The van der Waals surface area contributed by atoms with Crippen molar-refractivity contribution in [2.75, 3.05) is 13.2 Å². The van der Waals surface area contributed by atoms with E-state index >= 15 is 0 Å². The van der Waals surface area contributed by atoms with Gasteiger partial charge in [0.05, 0.1) is 13.2 Å². The molecule has 0 aromatic heterocycles. The first-order valence-corrected chi connectivity index (χ1v) is 10.4.